The third kappa shape index (κ3) is 4.46. The summed E-state index contributed by atoms with van der Waals surface area (Å²) in [5.41, 5.74) is 2.32. The number of amides is 1. The van der Waals surface area contributed by atoms with E-state index >= 15 is 0 Å². The first kappa shape index (κ1) is 14.4. The topological polar surface area (TPSA) is 50.4 Å². The summed E-state index contributed by atoms with van der Waals surface area (Å²) in [6.45, 7) is 3.34. The van der Waals surface area contributed by atoms with Gasteiger partial charge in [-0.1, -0.05) is 18.2 Å². The highest BCUT2D eigenvalue weighted by atomic mass is 16.5. The lowest BCUT2D eigenvalue weighted by Gasteiger charge is -2.14. The summed E-state index contributed by atoms with van der Waals surface area (Å²) in [7, 11) is 0. The van der Waals surface area contributed by atoms with Crippen LogP contribution in [0.1, 0.15) is 43.2 Å². The van der Waals surface area contributed by atoms with Crippen LogP contribution in [0.25, 0.3) is 0 Å². The van der Waals surface area contributed by atoms with Crippen molar-refractivity contribution in [3.63, 3.8) is 0 Å². The van der Waals surface area contributed by atoms with Crippen LogP contribution in [0.4, 0.5) is 0 Å². The normalized spacial score (nSPS) is 17.6. The van der Waals surface area contributed by atoms with Crippen LogP contribution in [-0.2, 0) is 11.3 Å². The van der Waals surface area contributed by atoms with E-state index in [0.717, 1.165) is 30.7 Å². The van der Waals surface area contributed by atoms with E-state index in [0.29, 0.717) is 25.1 Å². The fraction of sp³-hybridized carbons (Fsp3) is 0.588. The summed E-state index contributed by atoms with van der Waals surface area (Å²) >= 11 is 0. The molecule has 1 aromatic rings. The Morgan fingerprint density at radius 3 is 2.71 bits per heavy atom. The summed E-state index contributed by atoms with van der Waals surface area (Å²) in [5, 5.41) is 6.50. The van der Waals surface area contributed by atoms with Crippen molar-refractivity contribution in [2.45, 2.75) is 57.7 Å². The van der Waals surface area contributed by atoms with Gasteiger partial charge in [-0.2, -0.15) is 0 Å². The zero-order valence-electron chi connectivity index (χ0n) is 12.7. The Balaban J connectivity index is 1.50. The third-order valence-corrected chi connectivity index (χ3v) is 3.97. The largest absolute Gasteiger partial charge is 0.492 e. The lowest BCUT2D eigenvalue weighted by atomic mass is 10.1. The Morgan fingerprint density at radius 1 is 1.24 bits per heavy atom. The molecular weight excluding hydrogens is 264 g/mol. The van der Waals surface area contributed by atoms with E-state index < -0.39 is 0 Å². The second-order valence-electron chi connectivity index (χ2n) is 6.16. The number of carbonyl (C=O) groups excluding carboxylic acids is 1. The molecule has 0 bridgehead atoms. The average Bonchev–Trinajstić information content (AvgIpc) is 3.33. The molecule has 1 aromatic carbocycles. The van der Waals surface area contributed by atoms with Crippen LogP contribution < -0.4 is 15.4 Å². The zero-order chi connectivity index (χ0) is 14.7. The predicted molar refractivity (Wildman–Crippen MR) is 82.3 cm³/mol. The van der Waals surface area contributed by atoms with Gasteiger partial charge in [0.1, 0.15) is 5.75 Å². The molecule has 2 N–H and O–H groups in total. The van der Waals surface area contributed by atoms with Gasteiger partial charge in [0.25, 0.3) is 0 Å². The van der Waals surface area contributed by atoms with Crippen LogP contribution in [0, 0.1) is 6.92 Å². The molecule has 0 saturated heterocycles. The number of carbonyl (C=O) groups is 1. The molecule has 0 aliphatic heterocycles. The summed E-state index contributed by atoms with van der Waals surface area (Å²) in [4.78, 5) is 11.7. The molecule has 0 spiro atoms. The second-order valence-corrected chi connectivity index (χ2v) is 6.16. The molecule has 3 rings (SSSR count). The van der Waals surface area contributed by atoms with Crippen LogP contribution in [0.5, 0.6) is 5.75 Å². The number of rotatable bonds is 8. The first-order valence-electron chi connectivity index (χ1n) is 7.96. The molecule has 0 heterocycles. The summed E-state index contributed by atoms with van der Waals surface area (Å²) in [5.74, 6) is 1.04. The van der Waals surface area contributed by atoms with Crippen molar-refractivity contribution >= 4 is 5.91 Å². The second kappa shape index (κ2) is 6.48. The maximum absolute atomic E-state index is 11.7. The molecule has 114 valence electrons. The van der Waals surface area contributed by atoms with Gasteiger partial charge in [-0.05, 0) is 38.2 Å². The van der Waals surface area contributed by atoms with E-state index in [9.17, 15) is 4.79 Å². The fourth-order valence-electron chi connectivity index (χ4n) is 2.37. The van der Waals surface area contributed by atoms with Crippen LogP contribution in [0.15, 0.2) is 18.2 Å². The van der Waals surface area contributed by atoms with Crippen LogP contribution in [0.3, 0.4) is 0 Å². The van der Waals surface area contributed by atoms with Gasteiger partial charge in [-0.3, -0.25) is 4.79 Å². The van der Waals surface area contributed by atoms with Gasteiger partial charge in [0.05, 0.1) is 13.0 Å². The lowest BCUT2D eigenvalue weighted by Crippen LogP contribution is -2.26. The number of aryl methyl sites for hydroxylation is 1. The number of para-hydroxylation sites is 1. The maximum Gasteiger partial charge on any atom is 0.223 e. The van der Waals surface area contributed by atoms with Crippen molar-refractivity contribution in [1.82, 2.24) is 10.6 Å². The fourth-order valence-corrected chi connectivity index (χ4v) is 2.37. The molecule has 1 amide bonds. The number of hydrogen-bond donors (Lipinski definition) is 2. The molecule has 0 atom stereocenters. The highest BCUT2D eigenvalue weighted by Crippen LogP contribution is 2.26. The van der Waals surface area contributed by atoms with E-state index in [-0.39, 0.29) is 5.91 Å². The average molecular weight is 288 g/mol. The minimum atomic E-state index is 0.101. The summed E-state index contributed by atoms with van der Waals surface area (Å²) in [6, 6.07) is 7.32. The molecule has 2 fully saturated rings. The Kier molecular flexibility index (Phi) is 4.44. The van der Waals surface area contributed by atoms with Crippen LogP contribution in [0.2, 0.25) is 0 Å². The number of nitrogens with one attached hydrogen (secondary N) is 2. The van der Waals surface area contributed by atoms with Crippen molar-refractivity contribution in [2.75, 3.05) is 6.61 Å². The molecular formula is C17H24N2O2. The number of ether oxygens (including phenoxy) is 1. The van der Waals surface area contributed by atoms with Gasteiger partial charge in [0.15, 0.2) is 0 Å². The Hall–Kier alpha value is -1.55. The van der Waals surface area contributed by atoms with E-state index in [1.54, 1.807) is 0 Å². The highest BCUT2D eigenvalue weighted by molar-refractivity contribution is 5.76. The monoisotopic (exact) mass is 288 g/mol. The highest BCUT2D eigenvalue weighted by Gasteiger charge is 2.23. The van der Waals surface area contributed by atoms with Crippen LogP contribution >= 0.6 is 0 Å². The van der Waals surface area contributed by atoms with Crippen LogP contribution in [-0.4, -0.2) is 24.6 Å². The third-order valence-electron chi connectivity index (χ3n) is 3.97. The van der Waals surface area contributed by atoms with Gasteiger partial charge in [0.2, 0.25) is 5.91 Å². The van der Waals surface area contributed by atoms with Gasteiger partial charge < -0.3 is 15.4 Å². The first-order valence-corrected chi connectivity index (χ1v) is 7.96. The van der Waals surface area contributed by atoms with Gasteiger partial charge in [-0.25, -0.2) is 0 Å². The lowest BCUT2D eigenvalue weighted by molar-refractivity contribution is -0.121. The molecule has 2 aliphatic carbocycles. The molecule has 4 nitrogen and oxygen atoms in total. The molecule has 0 aromatic heterocycles. The SMILES string of the molecule is Cc1cccc(CNC2CC2)c1OCCC(=O)NC1CC1. The minimum Gasteiger partial charge on any atom is -0.492 e. The molecule has 0 unspecified atom stereocenters. The van der Waals surface area contributed by atoms with Gasteiger partial charge in [0, 0.05) is 24.2 Å². The molecule has 2 saturated carbocycles. The molecule has 0 radical (unpaired) electrons. The number of benzene rings is 1. The minimum absolute atomic E-state index is 0.101. The number of hydrogen-bond acceptors (Lipinski definition) is 3. The summed E-state index contributed by atoms with van der Waals surface area (Å²) in [6.07, 6.45) is 5.25. The maximum atomic E-state index is 11.7. The van der Waals surface area contributed by atoms with Crippen molar-refractivity contribution in [3.8, 4) is 5.75 Å². The van der Waals surface area contributed by atoms with Crippen molar-refractivity contribution in [1.29, 1.82) is 0 Å². The van der Waals surface area contributed by atoms with E-state index in [1.807, 2.05) is 0 Å². The van der Waals surface area contributed by atoms with Gasteiger partial charge >= 0.3 is 0 Å². The molecule has 4 heteroatoms. The van der Waals surface area contributed by atoms with Gasteiger partial charge in [-0.15, -0.1) is 0 Å². The Morgan fingerprint density at radius 2 is 2.00 bits per heavy atom. The van der Waals surface area contributed by atoms with E-state index in [4.69, 9.17) is 4.74 Å². The quantitative estimate of drug-likeness (QED) is 0.771. The Labute approximate surface area is 126 Å². The molecule has 21 heavy (non-hydrogen) atoms. The standard InChI is InChI=1S/C17H24N2O2/c1-12-3-2-4-13(11-18-14-5-6-14)17(12)21-10-9-16(20)19-15-7-8-15/h2-4,14-15,18H,5-11H2,1H3,(H,19,20). The zero-order valence-corrected chi connectivity index (χ0v) is 12.7. The predicted octanol–water partition coefficient (Wildman–Crippen LogP) is 2.29. The Bertz CT molecular complexity index is 508. The van der Waals surface area contributed by atoms with Crippen molar-refractivity contribution < 1.29 is 9.53 Å². The summed E-state index contributed by atoms with van der Waals surface area (Å²) < 4.78 is 5.89. The first-order chi connectivity index (χ1) is 10.2. The molecule has 2 aliphatic rings. The smallest absolute Gasteiger partial charge is 0.223 e. The van der Waals surface area contributed by atoms with Crippen molar-refractivity contribution in [2.24, 2.45) is 0 Å². The van der Waals surface area contributed by atoms with Crippen molar-refractivity contribution in [3.05, 3.63) is 29.3 Å². The van der Waals surface area contributed by atoms with E-state index in [1.165, 1.54) is 18.4 Å². The van der Waals surface area contributed by atoms with E-state index in [2.05, 4.69) is 35.8 Å².